The number of ether oxygens (including phenoxy) is 1. The standard InChI is InChI=1S/C26H30N2O2/c1-7-30-25(29)20-8-14-24(15-9-20)28-18(2)16-21(19(28)3)17-27-23-12-10-22(11-13-23)26(4,5)6/h8-17H,7H2,1-6H3. The highest BCUT2D eigenvalue weighted by molar-refractivity contribution is 5.89. The number of rotatable bonds is 5. The lowest BCUT2D eigenvalue weighted by Gasteiger charge is -2.18. The quantitative estimate of drug-likeness (QED) is 0.370. The third-order valence-corrected chi connectivity index (χ3v) is 5.19. The number of aromatic nitrogens is 1. The number of hydrogen-bond acceptors (Lipinski definition) is 3. The minimum atomic E-state index is -0.296. The van der Waals surface area contributed by atoms with Gasteiger partial charge < -0.3 is 9.30 Å². The van der Waals surface area contributed by atoms with Gasteiger partial charge in [0.1, 0.15) is 0 Å². The molecule has 0 saturated heterocycles. The molecular formula is C26H30N2O2. The fourth-order valence-corrected chi connectivity index (χ4v) is 3.47. The van der Waals surface area contributed by atoms with Gasteiger partial charge in [0.05, 0.1) is 17.9 Å². The van der Waals surface area contributed by atoms with Crippen LogP contribution in [0.25, 0.3) is 5.69 Å². The first kappa shape index (κ1) is 21.6. The van der Waals surface area contributed by atoms with Crippen LogP contribution in [-0.4, -0.2) is 23.4 Å². The highest BCUT2D eigenvalue weighted by atomic mass is 16.5. The smallest absolute Gasteiger partial charge is 0.338 e. The average Bonchev–Trinajstić information content (AvgIpc) is 2.99. The summed E-state index contributed by atoms with van der Waals surface area (Å²) in [5, 5.41) is 0. The van der Waals surface area contributed by atoms with Crippen LogP contribution in [0.15, 0.2) is 59.6 Å². The normalized spacial score (nSPS) is 11.8. The Morgan fingerprint density at radius 3 is 2.23 bits per heavy atom. The molecule has 0 atom stereocenters. The molecule has 4 heteroatoms. The van der Waals surface area contributed by atoms with Crippen molar-refractivity contribution >= 4 is 17.9 Å². The van der Waals surface area contributed by atoms with E-state index < -0.39 is 0 Å². The maximum absolute atomic E-state index is 11.9. The molecule has 0 bridgehead atoms. The SMILES string of the molecule is CCOC(=O)c1ccc(-n2c(C)cc(C=Nc3ccc(C(C)(C)C)cc3)c2C)cc1. The molecule has 30 heavy (non-hydrogen) atoms. The molecule has 3 aromatic rings. The molecule has 0 saturated carbocycles. The number of nitrogens with zero attached hydrogens (tertiary/aromatic N) is 2. The second-order valence-corrected chi connectivity index (χ2v) is 8.48. The zero-order valence-corrected chi connectivity index (χ0v) is 18.7. The summed E-state index contributed by atoms with van der Waals surface area (Å²) in [6.45, 7) is 13.0. The highest BCUT2D eigenvalue weighted by Crippen LogP contribution is 2.25. The molecule has 0 aliphatic carbocycles. The van der Waals surface area contributed by atoms with Crippen LogP contribution >= 0.6 is 0 Å². The van der Waals surface area contributed by atoms with E-state index in [0.29, 0.717) is 12.2 Å². The Morgan fingerprint density at radius 2 is 1.67 bits per heavy atom. The van der Waals surface area contributed by atoms with Crippen LogP contribution < -0.4 is 0 Å². The van der Waals surface area contributed by atoms with Crippen molar-refractivity contribution in [3.63, 3.8) is 0 Å². The third-order valence-electron chi connectivity index (χ3n) is 5.19. The zero-order chi connectivity index (χ0) is 21.9. The lowest BCUT2D eigenvalue weighted by atomic mass is 9.87. The lowest BCUT2D eigenvalue weighted by molar-refractivity contribution is 0.0526. The van der Waals surface area contributed by atoms with E-state index in [9.17, 15) is 4.79 Å². The van der Waals surface area contributed by atoms with E-state index in [-0.39, 0.29) is 11.4 Å². The molecule has 0 aliphatic heterocycles. The first-order chi connectivity index (χ1) is 14.2. The molecule has 0 unspecified atom stereocenters. The summed E-state index contributed by atoms with van der Waals surface area (Å²) in [6.07, 6.45) is 1.91. The van der Waals surface area contributed by atoms with E-state index in [0.717, 1.165) is 28.3 Å². The van der Waals surface area contributed by atoms with Crippen LogP contribution in [-0.2, 0) is 10.2 Å². The Labute approximate surface area is 179 Å². The van der Waals surface area contributed by atoms with Gasteiger partial charge in [0.2, 0.25) is 0 Å². The summed E-state index contributed by atoms with van der Waals surface area (Å²) in [7, 11) is 0. The molecule has 0 spiro atoms. The average molecular weight is 403 g/mol. The minimum Gasteiger partial charge on any atom is -0.462 e. The predicted octanol–water partition coefficient (Wildman–Crippen LogP) is 6.32. The number of benzene rings is 2. The van der Waals surface area contributed by atoms with Crippen molar-refractivity contribution in [2.45, 2.75) is 47.0 Å². The second-order valence-electron chi connectivity index (χ2n) is 8.48. The Kier molecular flexibility index (Phi) is 6.25. The topological polar surface area (TPSA) is 43.6 Å². The predicted molar refractivity (Wildman–Crippen MR) is 124 cm³/mol. The summed E-state index contributed by atoms with van der Waals surface area (Å²) in [4.78, 5) is 16.5. The van der Waals surface area contributed by atoms with Crippen LogP contribution in [0.2, 0.25) is 0 Å². The van der Waals surface area contributed by atoms with Crippen LogP contribution in [0.3, 0.4) is 0 Å². The van der Waals surface area contributed by atoms with Gasteiger partial charge in [-0.3, -0.25) is 4.99 Å². The fraction of sp³-hybridized carbons (Fsp3) is 0.308. The number of carbonyl (C=O) groups excluding carboxylic acids is 1. The Bertz CT molecular complexity index is 1050. The number of aliphatic imine (C=N–C) groups is 1. The van der Waals surface area contributed by atoms with Crippen molar-refractivity contribution in [3.8, 4) is 5.69 Å². The van der Waals surface area contributed by atoms with Gasteiger partial charge in [0.25, 0.3) is 0 Å². The van der Waals surface area contributed by atoms with Gasteiger partial charge in [-0.2, -0.15) is 0 Å². The molecule has 1 heterocycles. The largest absolute Gasteiger partial charge is 0.462 e. The highest BCUT2D eigenvalue weighted by Gasteiger charge is 2.13. The number of esters is 1. The van der Waals surface area contributed by atoms with E-state index in [2.05, 4.69) is 74.5 Å². The molecule has 0 fully saturated rings. The summed E-state index contributed by atoms with van der Waals surface area (Å²) in [5.41, 5.74) is 7.22. The van der Waals surface area contributed by atoms with Gasteiger partial charge in [0, 0.05) is 28.9 Å². The van der Waals surface area contributed by atoms with Gasteiger partial charge in [-0.05, 0) is 74.2 Å². The Balaban J connectivity index is 1.83. The molecule has 4 nitrogen and oxygen atoms in total. The molecule has 0 N–H and O–H groups in total. The maximum Gasteiger partial charge on any atom is 0.338 e. The zero-order valence-electron chi connectivity index (χ0n) is 18.7. The van der Waals surface area contributed by atoms with E-state index >= 15 is 0 Å². The summed E-state index contributed by atoms with van der Waals surface area (Å²) in [5.74, 6) is -0.296. The van der Waals surface area contributed by atoms with Crippen LogP contribution in [0.4, 0.5) is 5.69 Å². The van der Waals surface area contributed by atoms with E-state index in [1.165, 1.54) is 5.56 Å². The molecule has 1 aromatic heterocycles. The molecular weight excluding hydrogens is 372 g/mol. The molecule has 3 rings (SSSR count). The maximum atomic E-state index is 11.9. The Morgan fingerprint density at radius 1 is 1.03 bits per heavy atom. The van der Waals surface area contributed by atoms with Gasteiger partial charge >= 0.3 is 5.97 Å². The first-order valence-electron chi connectivity index (χ1n) is 10.3. The van der Waals surface area contributed by atoms with Gasteiger partial charge in [0.15, 0.2) is 0 Å². The molecule has 156 valence electrons. The molecule has 2 aromatic carbocycles. The van der Waals surface area contributed by atoms with Crippen LogP contribution in [0, 0.1) is 13.8 Å². The van der Waals surface area contributed by atoms with Crippen molar-refractivity contribution in [1.29, 1.82) is 0 Å². The van der Waals surface area contributed by atoms with E-state index in [4.69, 9.17) is 4.74 Å². The molecule has 0 aliphatic rings. The van der Waals surface area contributed by atoms with E-state index in [1.54, 1.807) is 19.1 Å². The van der Waals surface area contributed by atoms with Gasteiger partial charge in [-0.15, -0.1) is 0 Å². The fourth-order valence-electron chi connectivity index (χ4n) is 3.47. The molecule has 0 radical (unpaired) electrons. The van der Waals surface area contributed by atoms with Crippen molar-refractivity contribution in [1.82, 2.24) is 4.57 Å². The van der Waals surface area contributed by atoms with E-state index in [1.807, 2.05) is 18.3 Å². The number of hydrogen-bond donors (Lipinski definition) is 0. The van der Waals surface area contributed by atoms with Gasteiger partial charge in [-0.1, -0.05) is 32.9 Å². The lowest BCUT2D eigenvalue weighted by Crippen LogP contribution is -2.10. The summed E-state index contributed by atoms with van der Waals surface area (Å²) < 4.78 is 7.23. The first-order valence-corrected chi connectivity index (χ1v) is 10.3. The van der Waals surface area contributed by atoms with Crippen molar-refractivity contribution in [2.24, 2.45) is 4.99 Å². The summed E-state index contributed by atoms with van der Waals surface area (Å²) in [6, 6.07) is 18.0. The van der Waals surface area contributed by atoms with Crippen LogP contribution in [0.1, 0.15) is 60.6 Å². The second kappa shape index (κ2) is 8.70. The van der Waals surface area contributed by atoms with Crippen molar-refractivity contribution < 1.29 is 9.53 Å². The number of carbonyl (C=O) groups is 1. The van der Waals surface area contributed by atoms with Crippen LogP contribution in [0.5, 0.6) is 0 Å². The summed E-state index contributed by atoms with van der Waals surface area (Å²) >= 11 is 0. The van der Waals surface area contributed by atoms with Crippen molar-refractivity contribution in [2.75, 3.05) is 6.61 Å². The third kappa shape index (κ3) is 4.70. The Hall–Kier alpha value is -3.14. The number of aryl methyl sites for hydroxylation is 1. The van der Waals surface area contributed by atoms with Crippen molar-refractivity contribution in [3.05, 3.63) is 82.7 Å². The minimum absolute atomic E-state index is 0.135. The molecule has 0 amide bonds. The monoisotopic (exact) mass is 402 g/mol. The van der Waals surface area contributed by atoms with Gasteiger partial charge in [-0.25, -0.2) is 4.79 Å².